The van der Waals surface area contributed by atoms with Crippen LogP contribution in [0.1, 0.15) is 37.3 Å². The molecule has 2 aromatic carbocycles. The molecule has 2 aliphatic rings. The molecule has 5 rings (SSSR count). The van der Waals surface area contributed by atoms with E-state index in [1.807, 2.05) is 24.3 Å². The number of guanidine groups is 1. The van der Waals surface area contributed by atoms with Crippen molar-refractivity contribution in [3.63, 3.8) is 0 Å². The summed E-state index contributed by atoms with van der Waals surface area (Å²) in [6.45, 7) is 6.47. The molecule has 1 aliphatic carbocycles. The summed E-state index contributed by atoms with van der Waals surface area (Å²) in [4.78, 5) is 9.72. The zero-order valence-electron chi connectivity index (χ0n) is 18.2. The largest absolute Gasteiger partial charge is 0.456 e. The molecule has 1 aromatic heterocycles. The quantitative estimate of drug-likeness (QED) is 0.519. The molecule has 0 amide bonds. The molecular weight excluding hydrogens is 404 g/mol. The minimum absolute atomic E-state index is 0.377. The second-order valence-corrected chi connectivity index (χ2v) is 9.52. The van der Waals surface area contributed by atoms with Crippen LogP contribution in [-0.2, 0) is 0 Å². The molecule has 160 valence electrons. The molecule has 3 aromatic rings. The number of ether oxygens (including phenoxy) is 1. The molecule has 1 saturated carbocycles. The number of hydrogen-bond donors (Lipinski definition) is 2. The molecule has 3 unspecified atom stereocenters. The Labute approximate surface area is 187 Å². The standard InChI is InChI=1S/C25H28N4OS/c1-15-11-12-21(17(3)13-15)30-22-10-5-4-8-18(22)20-14-31-25(27-20)29-24-26-19-9-6-7-16(2)23(19)28-24/h4-5,8,10-14,16,19,23H,6-7,9H2,1-3H3,(H2,26,27,28,29). The number of hydrogen-bond acceptors (Lipinski definition) is 6. The van der Waals surface area contributed by atoms with Crippen LogP contribution in [0.2, 0.25) is 0 Å². The Balaban J connectivity index is 1.35. The number of aliphatic imine (C=N–C) groups is 1. The van der Waals surface area contributed by atoms with Crippen molar-refractivity contribution in [2.24, 2.45) is 10.9 Å². The third-order valence-electron chi connectivity index (χ3n) is 6.21. The summed E-state index contributed by atoms with van der Waals surface area (Å²) in [5, 5.41) is 9.86. The van der Waals surface area contributed by atoms with Crippen LogP contribution in [0, 0.1) is 19.8 Å². The average Bonchev–Trinajstić information content (AvgIpc) is 3.38. The third kappa shape index (κ3) is 4.17. The van der Waals surface area contributed by atoms with Gasteiger partial charge in [0.1, 0.15) is 11.5 Å². The number of para-hydroxylation sites is 1. The summed E-state index contributed by atoms with van der Waals surface area (Å²) in [5.41, 5.74) is 4.23. The van der Waals surface area contributed by atoms with Gasteiger partial charge in [0.05, 0.1) is 17.8 Å². The van der Waals surface area contributed by atoms with Gasteiger partial charge < -0.3 is 15.4 Å². The lowest BCUT2D eigenvalue weighted by molar-refractivity contribution is 0.295. The Kier molecular flexibility index (Phi) is 5.40. The minimum atomic E-state index is 0.377. The third-order valence-corrected chi connectivity index (χ3v) is 6.97. The van der Waals surface area contributed by atoms with E-state index < -0.39 is 0 Å². The van der Waals surface area contributed by atoms with Crippen LogP contribution in [0.15, 0.2) is 52.8 Å². The van der Waals surface area contributed by atoms with Gasteiger partial charge in [0.25, 0.3) is 0 Å². The van der Waals surface area contributed by atoms with E-state index in [0.29, 0.717) is 18.0 Å². The molecule has 0 radical (unpaired) electrons. The highest BCUT2D eigenvalue weighted by Crippen LogP contribution is 2.36. The van der Waals surface area contributed by atoms with E-state index in [1.54, 1.807) is 11.3 Å². The lowest BCUT2D eigenvalue weighted by atomic mass is 9.83. The number of fused-ring (bicyclic) bond motifs is 1. The van der Waals surface area contributed by atoms with Crippen molar-refractivity contribution in [2.45, 2.75) is 52.1 Å². The van der Waals surface area contributed by atoms with Gasteiger partial charge in [-0.15, -0.1) is 11.3 Å². The van der Waals surface area contributed by atoms with Gasteiger partial charge in [-0.1, -0.05) is 43.2 Å². The lowest BCUT2D eigenvalue weighted by Gasteiger charge is -2.29. The van der Waals surface area contributed by atoms with E-state index in [2.05, 4.69) is 55.0 Å². The number of aromatic nitrogens is 1. The molecule has 0 bridgehead atoms. The van der Waals surface area contributed by atoms with Gasteiger partial charge in [-0.25, -0.2) is 9.98 Å². The zero-order valence-corrected chi connectivity index (χ0v) is 19.0. The van der Waals surface area contributed by atoms with Gasteiger partial charge in [0, 0.05) is 10.9 Å². The molecule has 2 heterocycles. The van der Waals surface area contributed by atoms with Crippen molar-refractivity contribution in [1.82, 2.24) is 10.3 Å². The highest BCUT2D eigenvalue weighted by molar-refractivity contribution is 7.14. The predicted octanol–water partition coefficient (Wildman–Crippen LogP) is 6.15. The Morgan fingerprint density at radius 1 is 1.10 bits per heavy atom. The zero-order chi connectivity index (χ0) is 21.4. The van der Waals surface area contributed by atoms with Crippen molar-refractivity contribution in [3.8, 4) is 22.8 Å². The lowest BCUT2D eigenvalue weighted by Crippen LogP contribution is -2.41. The predicted molar refractivity (Wildman–Crippen MR) is 128 cm³/mol. The molecule has 1 fully saturated rings. The molecule has 0 saturated heterocycles. The number of nitrogens with zero attached hydrogens (tertiary/aromatic N) is 2. The minimum Gasteiger partial charge on any atom is -0.456 e. The summed E-state index contributed by atoms with van der Waals surface area (Å²) in [6.07, 6.45) is 3.73. The smallest absolute Gasteiger partial charge is 0.198 e. The Hall–Kier alpha value is -2.86. The first-order valence-electron chi connectivity index (χ1n) is 11.0. The highest BCUT2D eigenvalue weighted by Gasteiger charge is 2.35. The van der Waals surface area contributed by atoms with Gasteiger partial charge in [-0.3, -0.25) is 0 Å². The number of benzene rings is 2. The molecule has 6 heteroatoms. The van der Waals surface area contributed by atoms with Crippen molar-refractivity contribution in [2.75, 3.05) is 5.32 Å². The Morgan fingerprint density at radius 2 is 1.97 bits per heavy atom. The Morgan fingerprint density at radius 3 is 2.81 bits per heavy atom. The summed E-state index contributed by atoms with van der Waals surface area (Å²) < 4.78 is 6.28. The number of rotatable bonds is 4. The first-order chi connectivity index (χ1) is 15.1. The topological polar surface area (TPSA) is 58.5 Å². The van der Waals surface area contributed by atoms with E-state index in [4.69, 9.17) is 14.7 Å². The van der Waals surface area contributed by atoms with Crippen LogP contribution in [0.25, 0.3) is 11.3 Å². The van der Waals surface area contributed by atoms with Gasteiger partial charge in [-0.2, -0.15) is 0 Å². The van der Waals surface area contributed by atoms with Crippen LogP contribution in [0.4, 0.5) is 5.13 Å². The normalized spacial score (nSPS) is 22.4. The maximum atomic E-state index is 6.28. The van der Waals surface area contributed by atoms with E-state index in [0.717, 1.165) is 39.4 Å². The Bertz CT molecular complexity index is 1120. The maximum absolute atomic E-state index is 6.28. The number of anilines is 1. The summed E-state index contributed by atoms with van der Waals surface area (Å²) in [7, 11) is 0. The average molecular weight is 433 g/mol. The van der Waals surface area contributed by atoms with Crippen LogP contribution in [0.5, 0.6) is 11.5 Å². The van der Waals surface area contributed by atoms with Gasteiger partial charge in [-0.05, 0) is 56.4 Å². The van der Waals surface area contributed by atoms with Crippen molar-refractivity contribution < 1.29 is 4.74 Å². The molecule has 5 nitrogen and oxygen atoms in total. The van der Waals surface area contributed by atoms with E-state index >= 15 is 0 Å². The first-order valence-corrected chi connectivity index (χ1v) is 11.9. The first kappa shape index (κ1) is 20.1. The van der Waals surface area contributed by atoms with Gasteiger partial charge in [0.15, 0.2) is 11.1 Å². The van der Waals surface area contributed by atoms with E-state index in [1.165, 1.54) is 24.8 Å². The summed E-state index contributed by atoms with van der Waals surface area (Å²) in [5.74, 6) is 3.16. The van der Waals surface area contributed by atoms with Crippen LogP contribution in [-0.4, -0.2) is 23.0 Å². The van der Waals surface area contributed by atoms with Crippen LogP contribution >= 0.6 is 11.3 Å². The van der Waals surface area contributed by atoms with Gasteiger partial charge >= 0.3 is 0 Å². The summed E-state index contributed by atoms with van der Waals surface area (Å²) >= 11 is 1.59. The van der Waals surface area contributed by atoms with Crippen LogP contribution in [0.3, 0.4) is 0 Å². The van der Waals surface area contributed by atoms with Crippen molar-refractivity contribution in [1.29, 1.82) is 0 Å². The maximum Gasteiger partial charge on any atom is 0.198 e. The van der Waals surface area contributed by atoms with Gasteiger partial charge in [0.2, 0.25) is 0 Å². The fraction of sp³-hybridized carbons (Fsp3) is 0.360. The summed E-state index contributed by atoms with van der Waals surface area (Å²) in [6, 6.07) is 15.1. The van der Waals surface area contributed by atoms with Crippen molar-refractivity contribution in [3.05, 3.63) is 59.0 Å². The SMILES string of the molecule is Cc1ccc(Oc2ccccc2-c2csc(NC3=NC4C(C)CCCC4N3)n2)c(C)c1. The highest BCUT2D eigenvalue weighted by atomic mass is 32.1. The van der Waals surface area contributed by atoms with E-state index in [-0.39, 0.29) is 0 Å². The molecule has 31 heavy (non-hydrogen) atoms. The molecular formula is C25H28N4OS. The number of nitrogens with one attached hydrogen (secondary N) is 2. The second kappa shape index (κ2) is 8.35. The second-order valence-electron chi connectivity index (χ2n) is 8.66. The molecule has 0 spiro atoms. The number of thiazole rings is 1. The molecule has 1 aliphatic heterocycles. The fourth-order valence-electron chi connectivity index (χ4n) is 4.56. The molecule has 3 atom stereocenters. The fourth-order valence-corrected chi connectivity index (χ4v) is 5.27. The van der Waals surface area contributed by atoms with E-state index in [9.17, 15) is 0 Å². The van der Waals surface area contributed by atoms with Crippen molar-refractivity contribution >= 4 is 22.4 Å². The van der Waals surface area contributed by atoms with Crippen LogP contribution < -0.4 is 15.4 Å². The molecule has 2 N–H and O–H groups in total. The number of aryl methyl sites for hydroxylation is 2. The monoisotopic (exact) mass is 432 g/mol.